The number of rotatable bonds is 7. The van der Waals surface area contributed by atoms with Gasteiger partial charge in [-0.3, -0.25) is 4.98 Å². The van der Waals surface area contributed by atoms with Crippen molar-refractivity contribution in [2.45, 2.75) is 11.4 Å². The van der Waals surface area contributed by atoms with Gasteiger partial charge in [0.15, 0.2) is 0 Å². The highest BCUT2D eigenvalue weighted by atomic mass is 35.5. The van der Waals surface area contributed by atoms with Crippen LogP contribution < -0.4 is 10.0 Å². The van der Waals surface area contributed by atoms with Crippen molar-refractivity contribution in [2.75, 3.05) is 13.1 Å². The Hall–Kier alpha value is -1.99. The molecule has 0 amide bonds. The number of fused-ring (bicyclic) bond motifs is 1. The maximum atomic E-state index is 12.5. The predicted octanol–water partition coefficient (Wildman–Crippen LogP) is 2.96. The second-order valence-corrected chi connectivity index (χ2v) is 7.73. The number of aromatic nitrogens is 1. The molecular formula is C18H18ClN3O2S. The molecule has 2 N–H and O–H groups in total. The number of hydrogen-bond donors (Lipinski definition) is 2. The average molecular weight is 376 g/mol. The summed E-state index contributed by atoms with van der Waals surface area (Å²) in [5, 5.41) is 5.36. The van der Waals surface area contributed by atoms with Gasteiger partial charge in [0.1, 0.15) is 0 Å². The van der Waals surface area contributed by atoms with E-state index < -0.39 is 10.0 Å². The molecule has 0 radical (unpaired) electrons. The topological polar surface area (TPSA) is 71.1 Å². The lowest BCUT2D eigenvalue weighted by molar-refractivity contribution is 0.577. The summed E-state index contributed by atoms with van der Waals surface area (Å²) in [6, 6.07) is 14.4. The molecule has 0 saturated carbocycles. The summed E-state index contributed by atoms with van der Waals surface area (Å²) >= 11 is 5.84. The van der Waals surface area contributed by atoms with Crippen LogP contribution >= 0.6 is 11.6 Å². The molecular weight excluding hydrogens is 358 g/mol. The van der Waals surface area contributed by atoms with Gasteiger partial charge < -0.3 is 5.32 Å². The molecule has 0 aliphatic carbocycles. The summed E-state index contributed by atoms with van der Waals surface area (Å²) in [5.74, 6) is 0. The quantitative estimate of drug-likeness (QED) is 0.623. The van der Waals surface area contributed by atoms with Crippen LogP contribution in [0.4, 0.5) is 0 Å². The first-order chi connectivity index (χ1) is 12.1. The summed E-state index contributed by atoms with van der Waals surface area (Å²) < 4.78 is 27.7. The Labute approximate surface area is 152 Å². The molecule has 0 bridgehead atoms. The van der Waals surface area contributed by atoms with E-state index in [-0.39, 0.29) is 4.90 Å². The first-order valence-corrected chi connectivity index (χ1v) is 9.70. The Bertz CT molecular complexity index is 954. The molecule has 3 aromatic rings. The molecule has 0 aliphatic heterocycles. The number of halogens is 1. The van der Waals surface area contributed by atoms with E-state index in [0.717, 1.165) is 10.9 Å². The Morgan fingerprint density at radius 3 is 2.60 bits per heavy atom. The summed E-state index contributed by atoms with van der Waals surface area (Å²) in [6.45, 7) is 1.48. The summed E-state index contributed by atoms with van der Waals surface area (Å²) in [4.78, 5) is 4.29. The lowest BCUT2D eigenvalue weighted by Crippen LogP contribution is -2.31. The van der Waals surface area contributed by atoms with Gasteiger partial charge in [0.2, 0.25) is 10.0 Å². The van der Waals surface area contributed by atoms with E-state index >= 15 is 0 Å². The number of hydrogen-bond acceptors (Lipinski definition) is 4. The number of nitrogens with zero attached hydrogens (tertiary/aromatic N) is 1. The maximum Gasteiger partial charge on any atom is 0.241 e. The first kappa shape index (κ1) is 17.8. The number of benzene rings is 2. The minimum atomic E-state index is -3.57. The van der Waals surface area contributed by atoms with Gasteiger partial charge in [0, 0.05) is 47.8 Å². The zero-order chi connectivity index (χ0) is 17.7. The van der Waals surface area contributed by atoms with Gasteiger partial charge in [0.05, 0.1) is 4.90 Å². The summed E-state index contributed by atoms with van der Waals surface area (Å²) in [6.07, 6.45) is 3.25. The Balaban J connectivity index is 1.57. The van der Waals surface area contributed by atoms with Crippen molar-refractivity contribution in [3.05, 3.63) is 71.5 Å². The second kappa shape index (κ2) is 7.93. The van der Waals surface area contributed by atoms with Crippen molar-refractivity contribution in [2.24, 2.45) is 0 Å². The molecule has 1 heterocycles. The molecule has 0 atom stereocenters. The molecule has 7 heteroatoms. The molecule has 130 valence electrons. The molecule has 0 unspecified atom stereocenters. The van der Waals surface area contributed by atoms with Crippen molar-refractivity contribution in [3.63, 3.8) is 0 Å². The van der Waals surface area contributed by atoms with Gasteiger partial charge in [-0.05, 0) is 29.8 Å². The smallest absolute Gasteiger partial charge is 0.241 e. The minimum absolute atomic E-state index is 0.269. The highest BCUT2D eigenvalue weighted by Gasteiger charge is 2.16. The van der Waals surface area contributed by atoms with Crippen molar-refractivity contribution < 1.29 is 8.42 Å². The van der Waals surface area contributed by atoms with Gasteiger partial charge in [0.25, 0.3) is 0 Å². The van der Waals surface area contributed by atoms with Crippen LogP contribution in [-0.2, 0) is 16.6 Å². The number of nitrogens with one attached hydrogen (secondary N) is 2. The fourth-order valence-electron chi connectivity index (χ4n) is 2.51. The fourth-order valence-corrected chi connectivity index (χ4v) is 3.90. The van der Waals surface area contributed by atoms with E-state index in [1.165, 1.54) is 0 Å². The Morgan fingerprint density at radius 2 is 1.80 bits per heavy atom. The van der Waals surface area contributed by atoms with E-state index in [1.54, 1.807) is 30.6 Å². The molecule has 1 aromatic heterocycles. The molecule has 25 heavy (non-hydrogen) atoms. The Kier molecular flexibility index (Phi) is 5.65. The van der Waals surface area contributed by atoms with Crippen LogP contribution in [0.5, 0.6) is 0 Å². The van der Waals surface area contributed by atoms with Crippen LogP contribution in [0.25, 0.3) is 10.8 Å². The molecule has 0 saturated heterocycles. The van der Waals surface area contributed by atoms with E-state index in [1.807, 2.05) is 30.3 Å². The summed E-state index contributed by atoms with van der Waals surface area (Å²) in [7, 11) is -3.57. The van der Waals surface area contributed by atoms with Crippen molar-refractivity contribution >= 4 is 32.4 Å². The standard InChI is InChI=1S/C18H18ClN3O2S/c19-16-6-4-14(5-7-16)12-21-10-11-22-25(23,24)18-3-1-2-15-13-20-9-8-17(15)18/h1-9,13,21-22H,10-12H2. The van der Waals surface area contributed by atoms with Crippen molar-refractivity contribution in [1.29, 1.82) is 0 Å². The second-order valence-electron chi connectivity index (χ2n) is 5.55. The van der Waals surface area contributed by atoms with Crippen LogP contribution in [0.1, 0.15) is 5.56 Å². The van der Waals surface area contributed by atoms with Crippen LogP contribution in [0.15, 0.2) is 65.8 Å². The molecule has 3 rings (SSSR count). The SMILES string of the molecule is O=S(=O)(NCCNCc1ccc(Cl)cc1)c1cccc2cnccc12. The fraction of sp³-hybridized carbons (Fsp3) is 0.167. The summed E-state index contributed by atoms with van der Waals surface area (Å²) in [5.41, 5.74) is 1.09. The molecule has 0 aliphatic rings. The van der Waals surface area contributed by atoms with Crippen LogP contribution in [0, 0.1) is 0 Å². The Morgan fingerprint density at radius 1 is 1.00 bits per heavy atom. The highest BCUT2D eigenvalue weighted by Crippen LogP contribution is 2.21. The number of pyridine rings is 1. The normalized spacial score (nSPS) is 11.7. The molecule has 2 aromatic carbocycles. The minimum Gasteiger partial charge on any atom is -0.311 e. The zero-order valence-electron chi connectivity index (χ0n) is 13.4. The van der Waals surface area contributed by atoms with E-state index in [0.29, 0.717) is 30.0 Å². The third-order valence-corrected chi connectivity index (χ3v) is 5.54. The first-order valence-electron chi connectivity index (χ1n) is 7.84. The lowest BCUT2D eigenvalue weighted by atomic mass is 10.2. The van der Waals surface area contributed by atoms with Gasteiger partial charge >= 0.3 is 0 Å². The highest BCUT2D eigenvalue weighted by molar-refractivity contribution is 7.89. The van der Waals surface area contributed by atoms with Crippen LogP contribution in [0.2, 0.25) is 5.02 Å². The van der Waals surface area contributed by atoms with Gasteiger partial charge in [-0.2, -0.15) is 0 Å². The van der Waals surface area contributed by atoms with E-state index in [2.05, 4.69) is 15.0 Å². The third kappa shape index (κ3) is 4.55. The zero-order valence-corrected chi connectivity index (χ0v) is 15.0. The van der Waals surface area contributed by atoms with E-state index in [4.69, 9.17) is 11.6 Å². The monoisotopic (exact) mass is 375 g/mol. The predicted molar refractivity (Wildman–Crippen MR) is 100 cm³/mol. The molecule has 0 fully saturated rings. The van der Waals surface area contributed by atoms with Crippen LogP contribution in [0.3, 0.4) is 0 Å². The van der Waals surface area contributed by atoms with Gasteiger partial charge in [-0.15, -0.1) is 0 Å². The largest absolute Gasteiger partial charge is 0.311 e. The average Bonchev–Trinajstić information content (AvgIpc) is 2.62. The van der Waals surface area contributed by atoms with Gasteiger partial charge in [-0.1, -0.05) is 35.9 Å². The maximum absolute atomic E-state index is 12.5. The number of sulfonamides is 1. The lowest BCUT2D eigenvalue weighted by Gasteiger charge is -2.10. The third-order valence-electron chi connectivity index (χ3n) is 3.77. The molecule has 0 spiro atoms. The van der Waals surface area contributed by atoms with Crippen molar-refractivity contribution in [3.8, 4) is 0 Å². The van der Waals surface area contributed by atoms with Crippen molar-refractivity contribution in [1.82, 2.24) is 15.0 Å². The molecule has 5 nitrogen and oxygen atoms in total. The van der Waals surface area contributed by atoms with E-state index in [9.17, 15) is 8.42 Å². The van der Waals surface area contributed by atoms with Crippen LogP contribution in [-0.4, -0.2) is 26.5 Å². The van der Waals surface area contributed by atoms with Gasteiger partial charge in [-0.25, -0.2) is 13.1 Å².